The van der Waals surface area contributed by atoms with E-state index in [1.807, 2.05) is 0 Å². The molecule has 250 valence electrons. The monoisotopic (exact) mass is 653 g/mol. The lowest BCUT2D eigenvalue weighted by Crippen LogP contribution is -2.55. The highest BCUT2D eigenvalue weighted by atomic mass is 16.3. The predicted molar refractivity (Wildman–Crippen MR) is 207 cm³/mol. The number of nitrogens with zero attached hydrogens (tertiary/aromatic N) is 1. The number of hydrogen-bond acceptors (Lipinski definition) is 2. The molecule has 2 heteroatoms. The highest BCUT2D eigenvalue weighted by Gasteiger charge is 2.62. The van der Waals surface area contributed by atoms with Crippen molar-refractivity contribution in [2.45, 2.75) is 88.9 Å². The third-order valence-electron chi connectivity index (χ3n) is 14.5. The van der Waals surface area contributed by atoms with E-state index in [4.69, 9.17) is 4.42 Å². The standard InChI is InChI=1S/C48H47NO/c1-46(2)21-22-47(3,4)39-28-33(19-20-38(39)46)49(40-15-10-18-43-44(40)36-12-6-8-17-42(36)50-43)41-16-9-13-35-34-11-5-7-14-37(34)48(45(35)41)31-24-29-23-30(26-31)27-32(48)25-29/h5-20,28-32H,21-27H2,1-4H3. The average molecular weight is 654 g/mol. The first-order valence-corrected chi connectivity index (χ1v) is 19.3. The summed E-state index contributed by atoms with van der Waals surface area (Å²) in [5, 5.41) is 2.38. The molecule has 1 aromatic heterocycles. The van der Waals surface area contributed by atoms with E-state index in [1.54, 1.807) is 11.1 Å². The summed E-state index contributed by atoms with van der Waals surface area (Å²) < 4.78 is 6.57. The Morgan fingerprint density at radius 1 is 0.560 bits per heavy atom. The van der Waals surface area contributed by atoms with Gasteiger partial charge in [-0.05, 0) is 149 Å². The molecule has 6 aliphatic carbocycles. The summed E-state index contributed by atoms with van der Waals surface area (Å²) in [5.41, 5.74) is 15.2. The molecule has 4 saturated carbocycles. The summed E-state index contributed by atoms with van der Waals surface area (Å²) >= 11 is 0. The van der Waals surface area contributed by atoms with Gasteiger partial charge in [-0.15, -0.1) is 0 Å². The van der Waals surface area contributed by atoms with E-state index >= 15 is 0 Å². The Kier molecular flexibility index (Phi) is 5.85. The fourth-order valence-corrected chi connectivity index (χ4v) is 12.4. The molecule has 50 heavy (non-hydrogen) atoms. The van der Waals surface area contributed by atoms with Crippen molar-refractivity contribution in [2.75, 3.05) is 4.90 Å². The summed E-state index contributed by atoms with van der Waals surface area (Å²) in [6, 6.07) is 39.6. The lowest BCUT2D eigenvalue weighted by molar-refractivity contribution is -0.0397. The van der Waals surface area contributed by atoms with E-state index in [9.17, 15) is 0 Å². The molecule has 0 atom stereocenters. The van der Waals surface area contributed by atoms with Crippen LogP contribution in [-0.2, 0) is 16.2 Å². The van der Waals surface area contributed by atoms with E-state index < -0.39 is 0 Å². The molecule has 0 radical (unpaired) electrons. The lowest BCUT2D eigenvalue weighted by atomic mass is 9.43. The summed E-state index contributed by atoms with van der Waals surface area (Å²) in [5.74, 6) is 3.19. The number of rotatable bonds is 3. The van der Waals surface area contributed by atoms with Crippen LogP contribution in [0.15, 0.2) is 108 Å². The maximum Gasteiger partial charge on any atom is 0.137 e. The summed E-state index contributed by atoms with van der Waals surface area (Å²) in [4.78, 5) is 2.67. The first kappa shape index (κ1) is 29.4. The molecule has 4 bridgehead atoms. The minimum atomic E-state index is 0.0516. The summed E-state index contributed by atoms with van der Waals surface area (Å²) in [6.45, 7) is 9.79. The molecule has 0 amide bonds. The zero-order chi connectivity index (χ0) is 33.6. The summed E-state index contributed by atoms with van der Waals surface area (Å²) in [7, 11) is 0. The highest BCUT2D eigenvalue weighted by molar-refractivity contribution is 6.13. The van der Waals surface area contributed by atoms with Gasteiger partial charge in [-0.25, -0.2) is 0 Å². The molecule has 0 saturated heterocycles. The molecule has 0 N–H and O–H groups in total. The van der Waals surface area contributed by atoms with Gasteiger partial charge >= 0.3 is 0 Å². The van der Waals surface area contributed by atoms with Crippen molar-refractivity contribution in [2.24, 2.45) is 23.7 Å². The Morgan fingerprint density at radius 3 is 2.00 bits per heavy atom. The van der Waals surface area contributed by atoms with Crippen molar-refractivity contribution in [3.8, 4) is 11.1 Å². The smallest absolute Gasteiger partial charge is 0.137 e. The number of hydrogen-bond donors (Lipinski definition) is 0. The second kappa shape index (κ2) is 9.93. The third-order valence-corrected chi connectivity index (χ3v) is 14.5. The molecule has 0 unspecified atom stereocenters. The molecule has 1 heterocycles. The number of furan rings is 1. The van der Waals surface area contributed by atoms with Crippen molar-refractivity contribution < 1.29 is 4.42 Å². The normalized spacial score (nSPS) is 27.8. The highest BCUT2D eigenvalue weighted by Crippen LogP contribution is 2.71. The molecule has 4 fully saturated rings. The molecule has 5 aromatic carbocycles. The van der Waals surface area contributed by atoms with Crippen LogP contribution in [0.5, 0.6) is 0 Å². The SMILES string of the molecule is CC1(C)CCC(C)(C)c2cc(N(c3cccc4c3C3(c5ccccc5-4)C4CC5CC(C4)CC3C5)c3cccc4oc5ccccc5c34)ccc21. The predicted octanol–water partition coefficient (Wildman–Crippen LogP) is 13.1. The molecule has 0 aliphatic heterocycles. The topological polar surface area (TPSA) is 16.4 Å². The van der Waals surface area contributed by atoms with Crippen LogP contribution in [0, 0.1) is 23.7 Å². The number of para-hydroxylation sites is 1. The van der Waals surface area contributed by atoms with Crippen molar-refractivity contribution in [3.63, 3.8) is 0 Å². The summed E-state index contributed by atoms with van der Waals surface area (Å²) in [6.07, 6.45) is 9.37. The Labute approximate surface area is 296 Å². The Hall–Kier alpha value is -4.30. The van der Waals surface area contributed by atoms with Gasteiger partial charge in [-0.3, -0.25) is 0 Å². The Bertz CT molecular complexity index is 2340. The minimum absolute atomic E-state index is 0.0516. The third kappa shape index (κ3) is 3.75. The second-order valence-corrected chi connectivity index (χ2v) is 18.0. The fraction of sp³-hybridized carbons (Fsp3) is 0.375. The van der Waals surface area contributed by atoms with E-state index in [0.717, 1.165) is 23.0 Å². The number of benzene rings is 5. The van der Waals surface area contributed by atoms with Gasteiger partial charge in [0.2, 0.25) is 0 Å². The van der Waals surface area contributed by atoms with Crippen LogP contribution in [0.3, 0.4) is 0 Å². The fourth-order valence-electron chi connectivity index (χ4n) is 12.4. The van der Waals surface area contributed by atoms with Crippen LogP contribution >= 0.6 is 0 Å². The van der Waals surface area contributed by atoms with Gasteiger partial charge in [0.05, 0.1) is 16.8 Å². The van der Waals surface area contributed by atoms with Gasteiger partial charge in [0.15, 0.2) is 0 Å². The largest absolute Gasteiger partial charge is 0.456 e. The first-order chi connectivity index (χ1) is 24.2. The maximum atomic E-state index is 6.57. The van der Waals surface area contributed by atoms with Crippen molar-refractivity contribution in [3.05, 3.63) is 125 Å². The van der Waals surface area contributed by atoms with E-state index in [1.165, 1.54) is 95.0 Å². The van der Waals surface area contributed by atoms with Crippen LogP contribution in [0.1, 0.15) is 94.9 Å². The second-order valence-electron chi connectivity index (χ2n) is 18.0. The van der Waals surface area contributed by atoms with Gasteiger partial charge in [0, 0.05) is 16.5 Å². The van der Waals surface area contributed by atoms with Gasteiger partial charge < -0.3 is 9.32 Å². The van der Waals surface area contributed by atoms with Crippen molar-refractivity contribution in [1.29, 1.82) is 0 Å². The van der Waals surface area contributed by atoms with E-state index in [0.29, 0.717) is 11.8 Å². The van der Waals surface area contributed by atoms with E-state index in [2.05, 4.69) is 136 Å². The van der Waals surface area contributed by atoms with Gasteiger partial charge in [-0.2, -0.15) is 0 Å². The Morgan fingerprint density at radius 2 is 1.20 bits per heavy atom. The number of anilines is 3. The molecule has 6 aromatic rings. The van der Waals surface area contributed by atoms with Crippen LogP contribution in [0.4, 0.5) is 17.1 Å². The lowest BCUT2D eigenvalue weighted by Gasteiger charge is -2.61. The minimum Gasteiger partial charge on any atom is -0.456 e. The first-order valence-electron chi connectivity index (χ1n) is 19.3. The molecule has 6 aliphatic rings. The van der Waals surface area contributed by atoms with Crippen LogP contribution < -0.4 is 4.90 Å². The zero-order valence-electron chi connectivity index (χ0n) is 29.9. The Balaban J connectivity index is 1.24. The zero-order valence-corrected chi connectivity index (χ0v) is 29.9. The van der Waals surface area contributed by atoms with Crippen LogP contribution in [0.2, 0.25) is 0 Å². The molecule has 12 rings (SSSR count). The quantitative estimate of drug-likeness (QED) is 0.189. The molecule has 1 spiro atoms. The molecular weight excluding hydrogens is 607 g/mol. The molecule has 2 nitrogen and oxygen atoms in total. The van der Waals surface area contributed by atoms with Gasteiger partial charge in [-0.1, -0.05) is 94.4 Å². The van der Waals surface area contributed by atoms with Crippen LogP contribution in [0.25, 0.3) is 33.1 Å². The van der Waals surface area contributed by atoms with Crippen LogP contribution in [-0.4, -0.2) is 0 Å². The molecular formula is C48H47NO. The van der Waals surface area contributed by atoms with Gasteiger partial charge in [0.1, 0.15) is 11.2 Å². The van der Waals surface area contributed by atoms with E-state index in [-0.39, 0.29) is 16.2 Å². The maximum absolute atomic E-state index is 6.57. The van der Waals surface area contributed by atoms with Crippen molar-refractivity contribution >= 4 is 39.0 Å². The van der Waals surface area contributed by atoms with Gasteiger partial charge in [0.25, 0.3) is 0 Å². The van der Waals surface area contributed by atoms with Crippen molar-refractivity contribution in [1.82, 2.24) is 0 Å². The number of fused-ring (bicyclic) bond motifs is 7. The average Bonchev–Trinajstić information content (AvgIpc) is 3.64.